The molecule has 1 saturated carbocycles. The molecule has 0 N–H and O–H groups in total. The van der Waals surface area contributed by atoms with Gasteiger partial charge < -0.3 is 4.79 Å². The van der Waals surface area contributed by atoms with Crippen molar-refractivity contribution >= 4 is 12.4 Å². The SMILES string of the molecule is O=CC1CCCC2(C=Cc3ccccc32)C1. The summed E-state index contributed by atoms with van der Waals surface area (Å²) >= 11 is 0. The molecule has 2 unspecified atom stereocenters. The van der Waals surface area contributed by atoms with Crippen molar-refractivity contribution in [3.63, 3.8) is 0 Å². The minimum atomic E-state index is 0.167. The van der Waals surface area contributed by atoms with Crippen molar-refractivity contribution in [1.82, 2.24) is 0 Å². The number of hydrogen-bond donors (Lipinski definition) is 0. The van der Waals surface area contributed by atoms with Gasteiger partial charge >= 0.3 is 0 Å². The monoisotopic (exact) mass is 212 g/mol. The van der Waals surface area contributed by atoms with Gasteiger partial charge in [0, 0.05) is 11.3 Å². The predicted molar refractivity (Wildman–Crippen MR) is 65.2 cm³/mol. The summed E-state index contributed by atoms with van der Waals surface area (Å²) in [6, 6.07) is 8.59. The molecule has 2 aliphatic rings. The Morgan fingerprint density at radius 2 is 2.19 bits per heavy atom. The van der Waals surface area contributed by atoms with Crippen molar-refractivity contribution in [3.8, 4) is 0 Å². The number of rotatable bonds is 1. The van der Waals surface area contributed by atoms with E-state index in [1.165, 1.54) is 24.0 Å². The van der Waals surface area contributed by atoms with Gasteiger partial charge in [0.15, 0.2) is 0 Å². The van der Waals surface area contributed by atoms with E-state index in [1.54, 1.807) is 0 Å². The van der Waals surface area contributed by atoms with E-state index in [2.05, 4.69) is 36.4 Å². The van der Waals surface area contributed by atoms with E-state index in [4.69, 9.17) is 0 Å². The molecule has 1 spiro atoms. The van der Waals surface area contributed by atoms with Crippen molar-refractivity contribution in [3.05, 3.63) is 41.5 Å². The van der Waals surface area contributed by atoms with Crippen molar-refractivity contribution in [1.29, 1.82) is 0 Å². The second kappa shape index (κ2) is 3.58. The van der Waals surface area contributed by atoms with Gasteiger partial charge in [-0.2, -0.15) is 0 Å². The highest BCUT2D eigenvalue weighted by atomic mass is 16.1. The first-order chi connectivity index (χ1) is 7.84. The van der Waals surface area contributed by atoms with Crippen LogP contribution in [-0.4, -0.2) is 6.29 Å². The first kappa shape index (κ1) is 9.83. The van der Waals surface area contributed by atoms with Crippen LogP contribution in [0.2, 0.25) is 0 Å². The Hall–Kier alpha value is -1.37. The predicted octanol–water partition coefficient (Wildman–Crippen LogP) is 3.34. The number of fused-ring (bicyclic) bond motifs is 2. The van der Waals surface area contributed by atoms with Gasteiger partial charge in [-0.3, -0.25) is 0 Å². The van der Waals surface area contributed by atoms with Gasteiger partial charge in [0.05, 0.1) is 0 Å². The van der Waals surface area contributed by atoms with Gasteiger partial charge in [-0.05, 0) is 30.4 Å². The summed E-state index contributed by atoms with van der Waals surface area (Å²) in [6.07, 6.45) is 10.1. The molecular formula is C15H16O. The summed E-state index contributed by atoms with van der Waals surface area (Å²) in [5.74, 6) is 0.254. The Balaban J connectivity index is 2.01. The standard InChI is InChI=1S/C15H16O/c16-11-12-4-3-8-15(10-12)9-7-13-5-1-2-6-14(13)15/h1-2,5-7,9,11-12H,3-4,8,10H2. The Kier molecular flexibility index (Phi) is 2.20. The lowest BCUT2D eigenvalue weighted by Gasteiger charge is -2.36. The minimum absolute atomic E-state index is 0.167. The van der Waals surface area contributed by atoms with Crippen LogP contribution >= 0.6 is 0 Å². The van der Waals surface area contributed by atoms with E-state index in [-0.39, 0.29) is 11.3 Å². The topological polar surface area (TPSA) is 17.1 Å². The lowest BCUT2D eigenvalue weighted by Crippen LogP contribution is -2.30. The fourth-order valence-electron chi connectivity index (χ4n) is 3.30. The van der Waals surface area contributed by atoms with E-state index in [1.807, 2.05) is 0 Å². The third-order valence-corrected chi connectivity index (χ3v) is 4.10. The molecule has 3 rings (SSSR count). The van der Waals surface area contributed by atoms with E-state index in [0.717, 1.165) is 19.1 Å². The van der Waals surface area contributed by atoms with Gasteiger partial charge in [-0.1, -0.05) is 42.8 Å². The smallest absolute Gasteiger partial charge is 0.123 e. The number of carbonyl (C=O) groups excluding carboxylic acids is 1. The molecule has 82 valence electrons. The highest BCUT2D eigenvalue weighted by molar-refractivity contribution is 5.66. The maximum atomic E-state index is 11.0. The quantitative estimate of drug-likeness (QED) is 0.652. The lowest BCUT2D eigenvalue weighted by molar-refractivity contribution is -0.112. The molecule has 0 aromatic heterocycles. The Bertz CT molecular complexity index is 447. The molecule has 0 amide bonds. The van der Waals surface area contributed by atoms with Crippen LogP contribution in [0.15, 0.2) is 30.3 Å². The largest absolute Gasteiger partial charge is 0.303 e. The Labute approximate surface area is 96.2 Å². The van der Waals surface area contributed by atoms with Crippen LogP contribution in [0.25, 0.3) is 6.08 Å². The highest BCUT2D eigenvalue weighted by Crippen LogP contribution is 2.47. The van der Waals surface area contributed by atoms with Crippen LogP contribution in [0.5, 0.6) is 0 Å². The summed E-state index contributed by atoms with van der Waals surface area (Å²) in [6.45, 7) is 0. The number of allylic oxidation sites excluding steroid dienone is 1. The lowest BCUT2D eigenvalue weighted by atomic mass is 9.67. The van der Waals surface area contributed by atoms with Crippen molar-refractivity contribution in [2.75, 3.05) is 0 Å². The van der Waals surface area contributed by atoms with Crippen molar-refractivity contribution in [2.24, 2.45) is 5.92 Å². The molecule has 0 bridgehead atoms. The molecular weight excluding hydrogens is 196 g/mol. The Morgan fingerprint density at radius 1 is 1.31 bits per heavy atom. The van der Waals surface area contributed by atoms with Gasteiger partial charge in [-0.15, -0.1) is 0 Å². The highest BCUT2D eigenvalue weighted by Gasteiger charge is 2.38. The number of benzene rings is 1. The summed E-state index contributed by atoms with van der Waals surface area (Å²) < 4.78 is 0. The third kappa shape index (κ3) is 1.35. The zero-order valence-corrected chi connectivity index (χ0v) is 9.36. The molecule has 1 nitrogen and oxygen atoms in total. The average Bonchev–Trinajstić information content (AvgIpc) is 2.69. The number of carbonyl (C=O) groups is 1. The minimum Gasteiger partial charge on any atom is -0.303 e. The molecule has 0 radical (unpaired) electrons. The maximum absolute atomic E-state index is 11.0. The van der Waals surface area contributed by atoms with Crippen LogP contribution < -0.4 is 0 Å². The molecule has 1 fully saturated rings. The molecule has 16 heavy (non-hydrogen) atoms. The number of aldehydes is 1. The zero-order chi connectivity index (χ0) is 11.0. The van der Waals surface area contributed by atoms with Crippen LogP contribution in [0.3, 0.4) is 0 Å². The fraction of sp³-hybridized carbons (Fsp3) is 0.400. The summed E-state index contributed by atoms with van der Waals surface area (Å²) in [7, 11) is 0. The number of hydrogen-bond acceptors (Lipinski definition) is 1. The molecule has 0 aliphatic heterocycles. The summed E-state index contributed by atoms with van der Waals surface area (Å²) in [4.78, 5) is 11.0. The van der Waals surface area contributed by atoms with Crippen molar-refractivity contribution < 1.29 is 4.79 Å². The van der Waals surface area contributed by atoms with Crippen LogP contribution in [0.4, 0.5) is 0 Å². The molecule has 0 saturated heterocycles. The molecule has 1 aromatic rings. The summed E-state index contributed by atoms with van der Waals surface area (Å²) in [5.41, 5.74) is 2.94. The first-order valence-electron chi connectivity index (χ1n) is 6.08. The van der Waals surface area contributed by atoms with Crippen LogP contribution in [-0.2, 0) is 10.2 Å². The molecule has 1 aromatic carbocycles. The normalized spacial score (nSPS) is 31.6. The van der Waals surface area contributed by atoms with Gasteiger partial charge in [0.1, 0.15) is 6.29 Å². The van der Waals surface area contributed by atoms with E-state index in [9.17, 15) is 4.79 Å². The molecule has 0 heterocycles. The third-order valence-electron chi connectivity index (χ3n) is 4.10. The van der Waals surface area contributed by atoms with E-state index < -0.39 is 0 Å². The zero-order valence-electron chi connectivity index (χ0n) is 9.36. The summed E-state index contributed by atoms with van der Waals surface area (Å²) in [5, 5.41) is 0. The maximum Gasteiger partial charge on any atom is 0.123 e. The Morgan fingerprint density at radius 3 is 3.06 bits per heavy atom. The van der Waals surface area contributed by atoms with Gasteiger partial charge in [0.25, 0.3) is 0 Å². The van der Waals surface area contributed by atoms with Crippen molar-refractivity contribution in [2.45, 2.75) is 31.1 Å². The molecule has 1 heteroatoms. The second-order valence-corrected chi connectivity index (χ2v) is 5.07. The first-order valence-corrected chi connectivity index (χ1v) is 6.08. The van der Waals surface area contributed by atoms with Crippen LogP contribution in [0.1, 0.15) is 36.8 Å². The second-order valence-electron chi connectivity index (χ2n) is 5.07. The average molecular weight is 212 g/mol. The van der Waals surface area contributed by atoms with E-state index in [0.29, 0.717) is 0 Å². The van der Waals surface area contributed by atoms with Crippen LogP contribution in [0, 0.1) is 5.92 Å². The molecule has 2 atom stereocenters. The fourth-order valence-corrected chi connectivity index (χ4v) is 3.30. The van der Waals surface area contributed by atoms with E-state index >= 15 is 0 Å². The molecule has 2 aliphatic carbocycles. The van der Waals surface area contributed by atoms with Gasteiger partial charge in [-0.25, -0.2) is 0 Å². The van der Waals surface area contributed by atoms with Gasteiger partial charge in [0.2, 0.25) is 0 Å².